The molecule has 1 amide bonds. The van der Waals surface area contributed by atoms with Crippen molar-refractivity contribution >= 4 is 11.9 Å². The lowest BCUT2D eigenvalue weighted by atomic mass is 9.89. The zero-order chi connectivity index (χ0) is 14.6. The van der Waals surface area contributed by atoms with E-state index in [1.165, 1.54) is 0 Å². The summed E-state index contributed by atoms with van der Waals surface area (Å²) in [7, 11) is 1.77. The number of amides is 1. The lowest BCUT2D eigenvalue weighted by Gasteiger charge is -2.37. The second kappa shape index (κ2) is 6.89. The average molecular weight is 270 g/mol. The minimum absolute atomic E-state index is 0.00352. The number of hydrogen-bond acceptors (Lipinski definition) is 3. The molecule has 1 rings (SSSR count). The highest BCUT2D eigenvalue weighted by Crippen LogP contribution is 2.25. The Balaban J connectivity index is 2.65. The van der Waals surface area contributed by atoms with Gasteiger partial charge in [0, 0.05) is 13.1 Å². The van der Waals surface area contributed by atoms with Crippen LogP contribution in [0, 0.1) is 5.92 Å². The van der Waals surface area contributed by atoms with Crippen LogP contribution in [-0.2, 0) is 9.59 Å². The van der Waals surface area contributed by atoms with Crippen molar-refractivity contribution in [1.82, 2.24) is 9.80 Å². The third kappa shape index (κ3) is 4.20. The van der Waals surface area contributed by atoms with Crippen molar-refractivity contribution in [1.29, 1.82) is 0 Å². The number of hydrogen-bond donors (Lipinski definition) is 1. The second-order valence-electron chi connectivity index (χ2n) is 5.72. The van der Waals surface area contributed by atoms with Crippen molar-refractivity contribution in [2.24, 2.45) is 5.92 Å². The number of carbonyl (C=O) groups is 2. The summed E-state index contributed by atoms with van der Waals surface area (Å²) in [6.45, 7) is 6.91. The Morgan fingerprint density at radius 3 is 2.53 bits per heavy atom. The summed E-state index contributed by atoms with van der Waals surface area (Å²) in [5.41, 5.74) is 0. The van der Waals surface area contributed by atoms with E-state index in [9.17, 15) is 14.7 Å². The molecule has 2 atom stereocenters. The monoisotopic (exact) mass is 270 g/mol. The van der Waals surface area contributed by atoms with Gasteiger partial charge in [0.1, 0.15) is 6.04 Å². The number of rotatable bonds is 5. The number of aliphatic carboxylic acids is 1. The van der Waals surface area contributed by atoms with Gasteiger partial charge in [-0.05, 0) is 39.2 Å². The van der Waals surface area contributed by atoms with Crippen molar-refractivity contribution in [2.45, 2.75) is 52.1 Å². The molecule has 2 unspecified atom stereocenters. The molecule has 0 aliphatic carbocycles. The minimum Gasteiger partial charge on any atom is -0.480 e. The molecule has 0 saturated carbocycles. The van der Waals surface area contributed by atoms with Gasteiger partial charge in [0.15, 0.2) is 0 Å². The van der Waals surface area contributed by atoms with Crippen molar-refractivity contribution in [3.63, 3.8) is 0 Å². The van der Waals surface area contributed by atoms with Crippen LogP contribution in [-0.4, -0.2) is 59.0 Å². The van der Waals surface area contributed by atoms with Crippen molar-refractivity contribution < 1.29 is 14.7 Å². The van der Waals surface area contributed by atoms with Gasteiger partial charge in [0.2, 0.25) is 5.91 Å². The highest BCUT2D eigenvalue weighted by atomic mass is 16.4. The van der Waals surface area contributed by atoms with Gasteiger partial charge in [0.25, 0.3) is 0 Å². The van der Waals surface area contributed by atoms with E-state index in [-0.39, 0.29) is 18.5 Å². The molecule has 5 nitrogen and oxygen atoms in total. The van der Waals surface area contributed by atoms with E-state index in [2.05, 4.69) is 6.92 Å². The van der Waals surface area contributed by atoms with Gasteiger partial charge in [-0.3, -0.25) is 14.5 Å². The van der Waals surface area contributed by atoms with Gasteiger partial charge in [-0.15, -0.1) is 0 Å². The molecular formula is C14H26N2O3. The van der Waals surface area contributed by atoms with E-state index in [0.29, 0.717) is 18.9 Å². The maximum absolute atomic E-state index is 12.1. The fraction of sp³-hybridized carbons (Fsp3) is 0.857. The predicted octanol–water partition coefficient (Wildman–Crippen LogP) is 1.43. The third-order valence-corrected chi connectivity index (χ3v) is 4.19. The summed E-state index contributed by atoms with van der Waals surface area (Å²) in [6.07, 6.45) is 2.65. The Labute approximate surface area is 115 Å². The summed E-state index contributed by atoms with van der Waals surface area (Å²) in [5.74, 6) is -0.343. The van der Waals surface area contributed by atoms with Gasteiger partial charge in [0.05, 0.1) is 6.54 Å². The lowest BCUT2D eigenvalue weighted by molar-refractivity contribution is -0.147. The fourth-order valence-corrected chi connectivity index (χ4v) is 2.48. The average Bonchev–Trinajstić information content (AvgIpc) is 2.37. The van der Waals surface area contributed by atoms with Crippen molar-refractivity contribution in [3.8, 4) is 0 Å². The standard InChI is InChI=1S/C14H26N2O3/c1-5-11-6-7-16(12(8-11)14(18)19)9-13(17)15(4)10(2)3/h10-12H,5-9H2,1-4H3,(H,18,19). The first-order valence-electron chi connectivity index (χ1n) is 7.09. The first kappa shape index (κ1) is 16.0. The van der Waals surface area contributed by atoms with Crippen LogP contribution in [0.2, 0.25) is 0 Å². The Kier molecular flexibility index (Phi) is 5.79. The Morgan fingerprint density at radius 1 is 1.42 bits per heavy atom. The van der Waals surface area contributed by atoms with Crippen molar-refractivity contribution in [2.75, 3.05) is 20.1 Å². The van der Waals surface area contributed by atoms with E-state index in [0.717, 1.165) is 12.8 Å². The third-order valence-electron chi connectivity index (χ3n) is 4.19. The highest BCUT2D eigenvalue weighted by Gasteiger charge is 2.34. The SMILES string of the molecule is CCC1CCN(CC(=O)N(C)C(C)C)C(C(=O)O)C1. The number of likely N-dealkylation sites (tertiary alicyclic amines) is 1. The number of piperidine rings is 1. The first-order chi connectivity index (χ1) is 8.86. The maximum Gasteiger partial charge on any atom is 0.320 e. The second-order valence-corrected chi connectivity index (χ2v) is 5.72. The molecule has 0 spiro atoms. The predicted molar refractivity (Wildman–Crippen MR) is 73.9 cm³/mol. The minimum atomic E-state index is -0.807. The molecular weight excluding hydrogens is 244 g/mol. The van der Waals surface area contributed by atoms with E-state index in [4.69, 9.17) is 0 Å². The largest absolute Gasteiger partial charge is 0.480 e. The summed E-state index contributed by atoms with van der Waals surface area (Å²) >= 11 is 0. The first-order valence-corrected chi connectivity index (χ1v) is 7.09. The molecule has 0 radical (unpaired) electrons. The number of likely N-dealkylation sites (N-methyl/N-ethyl adjacent to an activating group) is 1. The number of carboxylic acids is 1. The number of nitrogens with zero attached hydrogens (tertiary/aromatic N) is 2. The van der Waals surface area contributed by atoms with E-state index < -0.39 is 12.0 Å². The highest BCUT2D eigenvalue weighted by molar-refractivity contribution is 5.80. The summed E-state index contributed by atoms with van der Waals surface area (Å²) in [5, 5.41) is 9.32. The lowest BCUT2D eigenvalue weighted by Crippen LogP contribution is -2.51. The van der Waals surface area contributed by atoms with E-state index >= 15 is 0 Å². The van der Waals surface area contributed by atoms with Gasteiger partial charge >= 0.3 is 5.97 Å². The van der Waals surface area contributed by atoms with Crippen molar-refractivity contribution in [3.05, 3.63) is 0 Å². The van der Waals surface area contributed by atoms with Crippen LogP contribution in [0.3, 0.4) is 0 Å². The Hall–Kier alpha value is -1.10. The molecule has 5 heteroatoms. The number of carboxylic acid groups (broad SMARTS) is 1. The van der Waals surface area contributed by atoms with E-state index in [1.807, 2.05) is 18.7 Å². The molecule has 0 aromatic rings. The molecule has 0 bridgehead atoms. The van der Waals surface area contributed by atoms with Gasteiger partial charge in [-0.1, -0.05) is 13.3 Å². The van der Waals surface area contributed by atoms with Crippen LogP contribution in [0.5, 0.6) is 0 Å². The Morgan fingerprint density at radius 2 is 2.05 bits per heavy atom. The summed E-state index contributed by atoms with van der Waals surface area (Å²) in [6, 6.07) is -0.368. The zero-order valence-corrected chi connectivity index (χ0v) is 12.4. The van der Waals surface area contributed by atoms with E-state index in [1.54, 1.807) is 11.9 Å². The summed E-state index contributed by atoms with van der Waals surface area (Å²) < 4.78 is 0. The molecule has 110 valence electrons. The summed E-state index contributed by atoms with van der Waals surface area (Å²) in [4.78, 5) is 26.9. The smallest absolute Gasteiger partial charge is 0.320 e. The Bertz CT molecular complexity index is 331. The van der Waals surface area contributed by atoms with Crippen LogP contribution in [0.4, 0.5) is 0 Å². The number of carbonyl (C=O) groups excluding carboxylic acids is 1. The fourth-order valence-electron chi connectivity index (χ4n) is 2.48. The molecule has 0 aromatic heterocycles. The van der Waals surface area contributed by atoms with Crippen LogP contribution < -0.4 is 0 Å². The molecule has 1 aliphatic rings. The van der Waals surface area contributed by atoms with Gasteiger partial charge in [-0.2, -0.15) is 0 Å². The molecule has 1 saturated heterocycles. The molecule has 19 heavy (non-hydrogen) atoms. The van der Waals surface area contributed by atoms with Crippen LogP contribution >= 0.6 is 0 Å². The molecule has 1 heterocycles. The topological polar surface area (TPSA) is 60.9 Å². The quantitative estimate of drug-likeness (QED) is 0.821. The zero-order valence-electron chi connectivity index (χ0n) is 12.4. The molecule has 0 aromatic carbocycles. The molecule has 1 fully saturated rings. The van der Waals surface area contributed by atoms with Crippen LogP contribution in [0.15, 0.2) is 0 Å². The molecule has 1 aliphatic heterocycles. The maximum atomic E-state index is 12.1. The normalized spacial score (nSPS) is 24.5. The van der Waals surface area contributed by atoms with Crippen LogP contribution in [0.1, 0.15) is 40.0 Å². The van der Waals surface area contributed by atoms with Crippen LogP contribution in [0.25, 0.3) is 0 Å². The van der Waals surface area contributed by atoms with Gasteiger partial charge < -0.3 is 10.0 Å². The van der Waals surface area contributed by atoms with Gasteiger partial charge in [-0.25, -0.2) is 0 Å². The molecule has 1 N–H and O–H groups in total.